The Morgan fingerprint density at radius 3 is 1.96 bits per heavy atom. The van der Waals surface area contributed by atoms with E-state index >= 15 is 0 Å². The summed E-state index contributed by atoms with van der Waals surface area (Å²) in [5.41, 5.74) is 2.30. The maximum Gasteiger partial charge on any atom is 0.410 e. The molecule has 51 heavy (non-hydrogen) atoms. The number of rotatable bonds is 8. The minimum absolute atomic E-state index is 0.00372. The van der Waals surface area contributed by atoms with Crippen LogP contribution in [-0.2, 0) is 33.3 Å². The van der Waals surface area contributed by atoms with Crippen molar-refractivity contribution in [1.29, 1.82) is 0 Å². The molecule has 276 valence electrons. The van der Waals surface area contributed by atoms with Crippen LogP contribution in [0.2, 0.25) is 5.04 Å². The molecular weight excluding hydrogens is 657 g/mol. The molecular formula is C41H58N4O5Si. The third kappa shape index (κ3) is 7.98. The van der Waals surface area contributed by atoms with Crippen molar-refractivity contribution in [3.63, 3.8) is 0 Å². The molecule has 3 aliphatic rings. The molecule has 2 aromatic carbocycles. The molecule has 1 unspecified atom stereocenters. The Kier molecular flexibility index (Phi) is 10.9. The molecule has 3 atom stereocenters. The molecule has 10 heteroatoms. The van der Waals surface area contributed by atoms with E-state index in [9.17, 15) is 9.59 Å². The molecule has 6 rings (SSSR count). The van der Waals surface area contributed by atoms with Crippen LogP contribution < -0.4 is 10.4 Å². The van der Waals surface area contributed by atoms with Gasteiger partial charge in [0.2, 0.25) is 0 Å². The third-order valence-corrected chi connectivity index (χ3v) is 15.8. The number of carbonyl (C=O) groups is 2. The summed E-state index contributed by atoms with van der Waals surface area (Å²) < 4.78 is 21.7. The summed E-state index contributed by atoms with van der Waals surface area (Å²) >= 11 is 0. The minimum atomic E-state index is -2.94. The average molecular weight is 715 g/mol. The first-order valence-corrected chi connectivity index (χ1v) is 20.9. The quantitative estimate of drug-likeness (QED) is 0.258. The Hall–Kier alpha value is -3.47. The minimum Gasteiger partial charge on any atom is -0.444 e. The number of nitrogens with zero attached hydrogens (tertiary/aromatic N) is 4. The predicted molar refractivity (Wildman–Crippen MR) is 203 cm³/mol. The molecule has 3 aromatic rings. The van der Waals surface area contributed by atoms with E-state index in [-0.39, 0.29) is 41.3 Å². The lowest BCUT2D eigenvalue weighted by atomic mass is 9.91. The van der Waals surface area contributed by atoms with Crippen LogP contribution >= 0.6 is 0 Å². The summed E-state index contributed by atoms with van der Waals surface area (Å²) in [5, 5.41) is 7.41. The second kappa shape index (κ2) is 14.9. The largest absolute Gasteiger partial charge is 0.444 e. The van der Waals surface area contributed by atoms with Crippen LogP contribution in [0.4, 0.5) is 4.79 Å². The topological polar surface area (TPSA) is 86.1 Å². The zero-order valence-electron chi connectivity index (χ0n) is 32.0. The Balaban J connectivity index is 1.39. The van der Waals surface area contributed by atoms with Gasteiger partial charge < -0.3 is 23.7 Å². The molecule has 0 N–H and O–H groups in total. The second-order valence-electron chi connectivity index (χ2n) is 16.9. The SMILES string of the molecule is C[C@@H]1CN(C(=O)c2nn(CC(O[Si](c3ccccc3)(c3ccccc3)C(C)(C)C)C3CCN(C(=O)OC(C)(C)C)CC3)c3c2CCC3)C[C@H](C)O1. The Labute approximate surface area is 305 Å². The van der Waals surface area contributed by atoms with E-state index in [0.29, 0.717) is 38.4 Å². The average Bonchev–Trinajstić information content (AvgIpc) is 3.69. The Bertz CT molecular complexity index is 1610. The lowest BCUT2D eigenvalue weighted by molar-refractivity contribution is -0.0587. The molecule has 2 amide bonds. The molecule has 2 saturated heterocycles. The van der Waals surface area contributed by atoms with Crippen LogP contribution in [0.25, 0.3) is 0 Å². The first-order valence-electron chi connectivity index (χ1n) is 19.0. The van der Waals surface area contributed by atoms with Crippen LogP contribution in [0.15, 0.2) is 60.7 Å². The number of morpholine rings is 1. The van der Waals surface area contributed by atoms with Crippen molar-refractivity contribution in [3.05, 3.63) is 77.6 Å². The van der Waals surface area contributed by atoms with Crippen LogP contribution in [-0.4, -0.2) is 90.0 Å². The van der Waals surface area contributed by atoms with E-state index in [1.807, 2.05) is 44.4 Å². The van der Waals surface area contributed by atoms with Crippen molar-refractivity contribution in [2.24, 2.45) is 5.92 Å². The van der Waals surface area contributed by atoms with Gasteiger partial charge >= 0.3 is 6.09 Å². The number of amides is 2. The van der Waals surface area contributed by atoms with Crippen LogP contribution in [0.1, 0.15) is 96.4 Å². The fourth-order valence-electron chi connectivity index (χ4n) is 8.48. The highest BCUT2D eigenvalue weighted by atomic mass is 28.4. The van der Waals surface area contributed by atoms with Crippen molar-refractivity contribution in [1.82, 2.24) is 19.6 Å². The van der Waals surface area contributed by atoms with E-state index < -0.39 is 13.9 Å². The van der Waals surface area contributed by atoms with Crippen molar-refractivity contribution in [2.75, 3.05) is 26.2 Å². The summed E-state index contributed by atoms with van der Waals surface area (Å²) in [5.74, 6) is 0.177. The van der Waals surface area contributed by atoms with Crippen molar-refractivity contribution < 1.29 is 23.5 Å². The number of ether oxygens (including phenoxy) is 2. The summed E-state index contributed by atoms with van der Waals surface area (Å²) in [6.07, 6.45) is 3.87. The molecule has 9 nitrogen and oxygen atoms in total. The number of fused-ring (bicyclic) bond motifs is 1. The van der Waals surface area contributed by atoms with Crippen molar-refractivity contribution in [2.45, 2.75) is 123 Å². The monoisotopic (exact) mass is 714 g/mol. The normalized spacial score (nSPS) is 21.0. The predicted octanol–water partition coefficient (Wildman–Crippen LogP) is 6.21. The van der Waals surface area contributed by atoms with Gasteiger partial charge in [-0.25, -0.2) is 4.79 Å². The molecule has 0 radical (unpaired) electrons. The number of aromatic nitrogens is 2. The van der Waals surface area contributed by atoms with E-state index in [0.717, 1.165) is 43.4 Å². The van der Waals surface area contributed by atoms with Gasteiger partial charge in [-0.05, 0) is 88.1 Å². The van der Waals surface area contributed by atoms with E-state index in [2.05, 4.69) is 86.1 Å². The standard InChI is InChI=1S/C41H58N4O5Si/c1-29-26-44(27-30(2)48-29)38(46)37-34-20-15-21-35(34)45(42-37)28-36(31-22-24-43(25-23-31)39(47)49-40(3,4)5)50-51(41(6,7)8,32-16-11-9-12-17-32)33-18-13-10-14-19-33/h9-14,16-19,29-31,36H,15,20-28H2,1-8H3/t29-,30+,36?. The maximum absolute atomic E-state index is 14.1. The third-order valence-electron chi connectivity index (χ3n) is 10.7. The van der Waals surface area contributed by atoms with Gasteiger partial charge in [-0.3, -0.25) is 9.48 Å². The fraction of sp³-hybridized carbons (Fsp3) is 0.585. The number of piperidine rings is 1. The summed E-state index contributed by atoms with van der Waals surface area (Å²) in [4.78, 5) is 31.0. The zero-order chi connectivity index (χ0) is 36.6. The molecule has 2 fully saturated rings. The maximum atomic E-state index is 14.1. The fourth-order valence-corrected chi connectivity index (χ4v) is 13.2. The van der Waals surface area contributed by atoms with Crippen molar-refractivity contribution in [3.8, 4) is 0 Å². The first-order chi connectivity index (χ1) is 24.2. The van der Waals surface area contributed by atoms with Gasteiger partial charge in [-0.15, -0.1) is 0 Å². The Morgan fingerprint density at radius 2 is 1.43 bits per heavy atom. The molecule has 0 saturated carbocycles. The van der Waals surface area contributed by atoms with E-state index in [1.165, 1.54) is 10.4 Å². The number of benzene rings is 2. The highest BCUT2D eigenvalue weighted by Gasteiger charge is 2.52. The van der Waals surface area contributed by atoms with Crippen LogP contribution in [0, 0.1) is 5.92 Å². The molecule has 2 aliphatic heterocycles. The molecule has 1 aromatic heterocycles. The van der Waals surface area contributed by atoms with Gasteiger partial charge in [-0.2, -0.15) is 5.10 Å². The van der Waals surface area contributed by atoms with Gasteiger partial charge in [-0.1, -0.05) is 81.4 Å². The van der Waals surface area contributed by atoms with Gasteiger partial charge in [0.15, 0.2) is 5.69 Å². The van der Waals surface area contributed by atoms with Gasteiger partial charge in [0.25, 0.3) is 14.2 Å². The van der Waals surface area contributed by atoms with Crippen molar-refractivity contribution >= 4 is 30.7 Å². The van der Waals surface area contributed by atoms with Crippen LogP contribution in [0.3, 0.4) is 0 Å². The summed E-state index contributed by atoms with van der Waals surface area (Å²) in [7, 11) is -2.94. The smallest absolute Gasteiger partial charge is 0.410 e. The lowest BCUT2D eigenvalue weighted by Gasteiger charge is -2.47. The summed E-state index contributed by atoms with van der Waals surface area (Å²) in [6, 6.07) is 21.6. The molecule has 0 bridgehead atoms. The number of hydrogen-bond acceptors (Lipinski definition) is 6. The zero-order valence-corrected chi connectivity index (χ0v) is 33.0. The first kappa shape index (κ1) is 37.3. The number of carbonyl (C=O) groups excluding carboxylic acids is 2. The highest BCUT2D eigenvalue weighted by molar-refractivity contribution is 6.99. The van der Waals surface area contributed by atoms with Gasteiger partial charge in [0.05, 0.1) is 24.9 Å². The lowest BCUT2D eigenvalue weighted by Crippen LogP contribution is -2.68. The van der Waals surface area contributed by atoms with E-state index in [1.54, 1.807) is 0 Å². The van der Waals surface area contributed by atoms with Gasteiger partial charge in [0.1, 0.15) is 5.60 Å². The second-order valence-corrected chi connectivity index (χ2v) is 21.2. The van der Waals surface area contributed by atoms with Gasteiger partial charge in [0, 0.05) is 37.4 Å². The highest BCUT2D eigenvalue weighted by Crippen LogP contribution is 2.40. The molecule has 1 aliphatic carbocycles. The molecule has 0 spiro atoms. The van der Waals surface area contributed by atoms with E-state index in [4.69, 9.17) is 19.0 Å². The Morgan fingerprint density at radius 1 is 0.863 bits per heavy atom. The number of hydrogen-bond donors (Lipinski definition) is 0. The summed E-state index contributed by atoms with van der Waals surface area (Å²) in [6.45, 7) is 19.6. The van der Waals surface area contributed by atoms with Crippen LogP contribution in [0.5, 0.6) is 0 Å². The molecule has 3 heterocycles. The number of likely N-dealkylation sites (tertiary alicyclic amines) is 1.